The first kappa shape index (κ1) is 13.3. The lowest BCUT2D eigenvalue weighted by molar-refractivity contribution is 0.0295. The largest absolute Gasteiger partial charge is 0.389 e. The molecule has 0 aromatic carbocycles. The van der Waals surface area contributed by atoms with Crippen molar-refractivity contribution >= 4 is 0 Å². The van der Waals surface area contributed by atoms with Gasteiger partial charge in [0.15, 0.2) is 0 Å². The van der Waals surface area contributed by atoms with Gasteiger partial charge in [-0.2, -0.15) is 0 Å². The first-order valence-electron chi connectivity index (χ1n) is 7.25. The Morgan fingerprint density at radius 1 is 1.24 bits per heavy atom. The summed E-state index contributed by atoms with van der Waals surface area (Å²) in [5, 5.41) is 9.93. The lowest BCUT2D eigenvalue weighted by Crippen LogP contribution is -2.45. The van der Waals surface area contributed by atoms with Crippen molar-refractivity contribution < 1.29 is 5.11 Å². The summed E-state index contributed by atoms with van der Waals surface area (Å²) in [6.45, 7) is 5.70. The standard InChI is InChI=1S/C14H28N2O/c1-14(17,11-15)7-9-16-8-6-12-4-2-3-5-13(12)10-16/h12-13,17H,2-11,15H2,1H3. The van der Waals surface area contributed by atoms with Crippen LogP contribution in [-0.2, 0) is 0 Å². The van der Waals surface area contributed by atoms with Crippen LogP contribution in [0.2, 0.25) is 0 Å². The summed E-state index contributed by atoms with van der Waals surface area (Å²) in [5.41, 5.74) is 4.88. The van der Waals surface area contributed by atoms with Crippen molar-refractivity contribution in [1.82, 2.24) is 4.90 Å². The Bertz CT molecular complexity index is 242. The Kier molecular flexibility index (Phi) is 4.45. The van der Waals surface area contributed by atoms with Crippen molar-refractivity contribution in [3.63, 3.8) is 0 Å². The van der Waals surface area contributed by atoms with Crippen LogP contribution >= 0.6 is 0 Å². The van der Waals surface area contributed by atoms with E-state index in [9.17, 15) is 5.11 Å². The van der Waals surface area contributed by atoms with E-state index in [4.69, 9.17) is 5.73 Å². The fourth-order valence-corrected chi connectivity index (χ4v) is 3.38. The zero-order valence-corrected chi connectivity index (χ0v) is 11.2. The molecule has 0 amide bonds. The topological polar surface area (TPSA) is 49.5 Å². The summed E-state index contributed by atoms with van der Waals surface area (Å²) in [7, 11) is 0. The Morgan fingerprint density at radius 2 is 1.94 bits per heavy atom. The molecule has 3 heteroatoms. The van der Waals surface area contributed by atoms with Gasteiger partial charge in [-0.3, -0.25) is 0 Å². The third kappa shape index (κ3) is 3.67. The maximum Gasteiger partial charge on any atom is 0.0753 e. The number of rotatable bonds is 4. The van der Waals surface area contributed by atoms with E-state index in [1.807, 2.05) is 6.92 Å². The molecule has 0 aromatic rings. The first-order chi connectivity index (χ1) is 8.11. The van der Waals surface area contributed by atoms with Crippen LogP contribution in [0.3, 0.4) is 0 Å². The number of nitrogens with two attached hydrogens (primary N) is 1. The summed E-state index contributed by atoms with van der Waals surface area (Å²) in [6.07, 6.45) is 7.93. The Labute approximate surface area is 105 Å². The number of nitrogens with zero attached hydrogens (tertiary/aromatic N) is 1. The average Bonchev–Trinajstić information content (AvgIpc) is 2.36. The SMILES string of the molecule is CC(O)(CN)CCN1CCC2CCCCC2C1. The van der Waals surface area contributed by atoms with Gasteiger partial charge < -0.3 is 15.7 Å². The molecule has 1 aliphatic carbocycles. The van der Waals surface area contributed by atoms with Gasteiger partial charge in [0.2, 0.25) is 0 Å². The molecular weight excluding hydrogens is 212 g/mol. The molecule has 3 atom stereocenters. The van der Waals surface area contributed by atoms with Crippen LogP contribution in [0.4, 0.5) is 0 Å². The predicted octanol–water partition coefficient (Wildman–Crippen LogP) is 1.60. The Morgan fingerprint density at radius 3 is 2.65 bits per heavy atom. The smallest absolute Gasteiger partial charge is 0.0753 e. The van der Waals surface area contributed by atoms with Crippen molar-refractivity contribution in [2.45, 2.75) is 51.0 Å². The van der Waals surface area contributed by atoms with Crippen molar-refractivity contribution in [3.8, 4) is 0 Å². The van der Waals surface area contributed by atoms with Crippen LogP contribution < -0.4 is 5.73 Å². The molecular formula is C14H28N2O. The molecule has 3 nitrogen and oxygen atoms in total. The fraction of sp³-hybridized carbons (Fsp3) is 1.00. The van der Waals surface area contributed by atoms with Crippen molar-refractivity contribution in [2.75, 3.05) is 26.2 Å². The second kappa shape index (κ2) is 5.68. The van der Waals surface area contributed by atoms with Gasteiger partial charge in [-0.05, 0) is 44.6 Å². The van der Waals surface area contributed by atoms with E-state index in [2.05, 4.69) is 4.90 Å². The number of piperidine rings is 1. The average molecular weight is 240 g/mol. The van der Waals surface area contributed by atoms with E-state index in [0.717, 1.165) is 24.8 Å². The quantitative estimate of drug-likeness (QED) is 0.785. The van der Waals surface area contributed by atoms with E-state index >= 15 is 0 Å². The Hall–Kier alpha value is -0.120. The molecule has 2 rings (SSSR count). The summed E-state index contributed by atoms with van der Waals surface area (Å²) < 4.78 is 0. The second-order valence-electron chi connectivity index (χ2n) is 6.34. The van der Waals surface area contributed by atoms with Crippen LogP contribution in [0.5, 0.6) is 0 Å². The minimum Gasteiger partial charge on any atom is -0.389 e. The van der Waals surface area contributed by atoms with E-state index in [1.54, 1.807) is 0 Å². The van der Waals surface area contributed by atoms with E-state index in [1.165, 1.54) is 45.2 Å². The molecule has 2 fully saturated rings. The molecule has 0 bridgehead atoms. The Balaban J connectivity index is 1.76. The molecule has 1 aliphatic heterocycles. The highest BCUT2D eigenvalue weighted by molar-refractivity contribution is 4.84. The van der Waals surface area contributed by atoms with Gasteiger partial charge >= 0.3 is 0 Å². The summed E-state index contributed by atoms with van der Waals surface area (Å²) in [6, 6.07) is 0. The van der Waals surface area contributed by atoms with Gasteiger partial charge in [0.05, 0.1) is 5.60 Å². The highest BCUT2D eigenvalue weighted by Gasteiger charge is 2.31. The number of likely N-dealkylation sites (tertiary alicyclic amines) is 1. The molecule has 0 radical (unpaired) electrons. The lowest BCUT2D eigenvalue weighted by atomic mass is 9.75. The third-order valence-electron chi connectivity index (χ3n) is 4.78. The molecule has 100 valence electrons. The van der Waals surface area contributed by atoms with E-state index < -0.39 is 5.60 Å². The monoisotopic (exact) mass is 240 g/mol. The summed E-state index contributed by atoms with van der Waals surface area (Å²) in [4.78, 5) is 2.54. The van der Waals surface area contributed by atoms with Gasteiger partial charge in [-0.15, -0.1) is 0 Å². The molecule has 1 heterocycles. The number of hydrogen-bond acceptors (Lipinski definition) is 3. The fourth-order valence-electron chi connectivity index (χ4n) is 3.38. The first-order valence-corrected chi connectivity index (χ1v) is 7.25. The number of aliphatic hydroxyl groups is 1. The van der Waals surface area contributed by atoms with Crippen molar-refractivity contribution in [1.29, 1.82) is 0 Å². The highest BCUT2D eigenvalue weighted by Crippen LogP contribution is 2.36. The molecule has 17 heavy (non-hydrogen) atoms. The maximum atomic E-state index is 9.93. The zero-order valence-electron chi connectivity index (χ0n) is 11.2. The third-order valence-corrected chi connectivity index (χ3v) is 4.78. The molecule has 1 saturated heterocycles. The summed E-state index contributed by atoms with van der Waals surface area (Å²) in [5.74, 6) is 1.93. The zero-order chi connectivity index (χ0) is 12.3. The van der Waals surface area contributed by atoms with Gasteiger partial charge in [-0.1, -0.05) is 19.3 Å². The van der Waals surface area contributed by atoms with Crippen LogP contribution in [0.1, 0.15) is 45.4 Å². The molecule has 3 unspecified atom stereocenters. The van der Waals surface area contributed by atoms with Crippen molar-refractivity contribution in [2.24, 2.45) is 17.6 Å². The van der Waals surface area contributed by atoms with Gasteiger partial charge in [-0.25, -0.2) is 0 Å². The van der Waals surface area contributed by atoms with Gasteiger partial charge in [0.1, 0.15) is 0 Å². The van der Waals surface area contributed by atoms with Crippen LogP contribution in [0.25, 0.3) is 0 Å². The molecule has 2 aliphatic rings. The van der Waals surface area contributed by atoms with Crippen molar-refractivity contribution in [3.05, 3.63) is 0 Å². The maximum absolute atomic E-state index is 9.93. The molecule has 3 N–H and O–H groups in total. The van der Waals surface area contributed by atoms with E-state index in [-0.39, 0.29) is 0 Å². The normalized spacial score (nSPS) is 34.1. The van der Waals surface area contributed by atoms with Gasteiger partial charge in [0, 0.05) is 19.6 Å². The number of hydrogen-bond donors (Lipinski definition) is 2. The highest BCUT2D eigenvalue weighted by atomic mass is 16.3. The van der Waals surface area contributed by atoms with Crippen LogP contribution in [-0.4, -0.2) is 41.8 Å². The molecule has 0 aromatic heterocycles. The predicted molar refractivity (Wildman–Crippen MR) is 70.8 cm³/mol. The minimum absolute atomic E-state index is 0.368. The molecule has 0 spiro atoms. The number of fused-ring (bicyclic) bond motifs is 1. The van der Waals surface area contributed by atoms with Crippen LogP contribution in [0.15, 0.2) is 0 Å². The molecule has 1 saturated carbocycles. The lowest BCUT2D eigenvalue weighted by Gasteiger charge is -2.42. The van der Waals surface area contributed by atoms with Crippen LogP contribution in [0, 0.1) is 11.8 Å². The minimum atomic E-state index is -0.677. The summed E-state index contributed by atoms with van der Waals surface area (Å²) >= 11 is 0. The second-order valence-corrected chi connectivity index (χ2v) is 6.34. The van der Waals surface area contributed by atoms with E-state index in [0.29, 0.717) is 6.54 Å². The van der Waals surface area contributed by atoms with Gasteiger partial charge in [0.25, 0.3) is 0 Å².